The van der Waals surface area contributed by atoms with Crippen molar-refractivity contribution in [3.05, 3.63) is 11.3 Å². The van der Waals surface area contributed by atoms with Crippen molar-refractivity contribution in [3.8, 4) is 0 Å². The van der Waals surface area contributed by atoms with Crippen LogP contribution in [-0.2, 0) is 18.3 Å². The van der Waals surface area contributed by atoms with Crippen LogP contribution in [0.2, 0.25) is 0 Å². The molecule has 2 fully saturated rings. The van der Waals surface area contributed by atoms with Crippen molar-refractivity contribution in [1.29, 1.82) is 0 Å². The lowest BCUT2D eigenvalue weighted by Crippen LogP contribution is -2.38. The quantitative estimate of drug-likeness (QED) is 0.911. The standard InChI is InChI=1S/C15H24N4O/c1-4-13-10(2)17-18(3)15(13)16-14(20)9-19-8-11-5-6-12(19)7-11/h11-12H,4-9H2,1-3H3,(H,16,20)/t11-,12+/m1/s1. The third kappa shape index (κ3) is 2.35. The maximum Gasteiger partial charge on any atom is 0.239 e. The predicted octanol–water partition coefficient (Wildman–Crippen LogP) is 1.71. The molecule has 1 aromatic heterocycles. The number of hydrogen-bond acceptors (Lipinski definition) is 3. The highest BCUT2D eigenvalue weighted by Gasteiger charge is 2.38. The van der Waals surface area contributed by atoms with Crippen molar-refractivity contribution in [2.24, 2.45) is 13.0 Å². The Morgan fingerprint density at radius 3 is 2.85 bits per heavy atom. The van der Waals surface area contributed by atoms with E-state index in [-0.39, 0.29) is 5.91 Å². The Labute approximate surface area is 120 Å². The minimum absolute atomic E-state index is 0.0928. The summed E-state index contributed by atoms with van der Waals surface area (Å²) in [6.07, 6.45) is 4.80. The zero-order valence-electron chi connectivity index (χ0n) is 12.6. The number of likely N-dealkylation sites (tertiary alicyclic amines) is 1. The topological polar surface area (TPSA) is 50.2 Å². The van der Waals surface area contributed by atoms with E-state index < -0.39 is 0 Å². The predicted molar refractivity (Wildman–Crippen MR) is 78.7 cm³/mol. The molecule has 2 heterocycles. The minimum Gasteiger partial charge on any atom is -0.310 e. The van der Waals surface area contributed by atoms with Gasteiger partial charge in [-0.05, 0) is 38.5 Å². The Kier molecular flexibility index (Phi) is 3.54. The van der Waals surface area contributed by atoms with Crippen molar-refractivity contribution in [3.63, 3.8) is 0 Å². The first-order valence-electron chi connectivity index (χ1n) is 7.64. The van der Waals surface area contributed by atoms with E-state index in [1.807, 2.05) is 14.0 Å². The molecule has 0 unspecified atom stereocenters. The SMILES string of the molecule is CCc1c(C)nn(C)c1NC(=O)CN1C[C@@H]2CC[C@H]1C2. The Balaban J connectivity index is 1.64. The van der Waals surface area contributed by atoms with Gasteiger partial charge in [-0.1, -0.05) is 6.92 Å². The number of fused-ring (bicyclic) bond motifs is 2. The molecule has 1 aliphatic heterocycles. The summed E-state index contributed by atoms with van der Waals surface area (Å²) >= 11 is 0. The lowest BCUT2D eigenvalue weighted by Gasteiger charge is -2.25. The van der Waals surface area contributed by atoms with Gasteiger partial charge in [0.15, 0.2) is 0 Å². The molecule has 110 valence electrons. The Morgan fingerprint density at radius 1 is 1.45 bits per heavy atom. The Morgan fingerprint density at radius 2 is 2.25 bits per heavy atom. The molecule has 0 radical (unpaired) electrons. The van der Waals surface area contributed by atoms with Gasteiger partial charge in [-0.2, -0.15) is 5.10 Å². The summed E-state index contributed by atoms with van der Waals surface area (Å²) < 4.78 is 1.78. The van der Waals surface area contributed by atoms with Gasteiger partial charge < -0.3 is 5.32 Å². The van der Waals surface area contributed by atoms with Gasteiger partial charge in [0.2, 0.25) is 5.91 Å². The first kappa shape index (κ1) is 13.6. The van der Waals surface area contributed by atoms with Crippen molar-refractivity contribution in [1.82, 2.24) is 14.7 Å². The van der Waals surface area contributed by atoms with Crippen LogP contribution in [0.3, 0.4) is 0 Å². The third-order valence-electron chi connectivity index (χ3n) is 4.83. The highest BCUT2D eigenvalue weighted by molar-refractivity contribution is 5.92. The van der Waals surface area contributed by atoms with E-state index in [1.54, 1.807) is 4.68 Å². The number of nitrogens with one attached hydrogen (secondary N) is 1. The van der Waals surface area contributed by atoms with Crippen LogP contribution in [0.5, 0.6) is 0 Å². The van der Waals surface area contributed by atoms with E-state index in [1.165, 1.54) is 19.3 Å². The summed E-state index contributed by atoms with van der Waals surface area (Å²) in [6.45, 7) is 5.71. The maximum atomic E-state index is 12.3. The monoisotopic (exact) mass is 276 g/mol. The van der Waals surface area contributed by atoms with Crippen LogP contribution in [-0.4, -0.2) is 39.7 Å². The fourth-order valence-electron chi connectivity index (χ4n) is 3.86. The summed E-state index contributed by atoms with van der Waals surface area (Å²) in [5.74, 6) is 1.78. The average molecular weight is 276 g/mol. The van der Waals surface area contributed by atoms with Crippen molar-refractivity contribution in [2.45, 2.75) is 45.6 Å². The van der Waals surface area contributed by atoms with Crippen LogP contribution in [0.4, 0.5) is 5.82 Å². The summed E-state index contributed by atoms with van der Waals surface area (Å²) in [5, 5.41) is 7.45. The number of aromatic nitrogens is 2. The molecule has 2 aliphatic rings. The van der Waals surface area contributed by atoms with Crippen LogP contribution in [0.1, 0.15) is 37.4 Å². The summed E-state index contributed by atoms with van der Waals surface area (Å²) in [7, 11) is 1.89. The molecule has 1 amide bonds. The Bertz CT molecular complexity index is 522. The fourth-order valence-corrected chi connectivity index (χ4v) is 3.86. The van der Waals surface area contributed by atoms with Gasteiger partial charge in [0.1, 0.15) is 5.82 Å². The fraction of sp³-hybridized carbons (Fsp3) is 0.733. The van der Waals surface area contributed by atoms with Crippen LogP contribution in [0.25, 0.3) is 0 Å². The van der Waals surface area contributed by atoms with Crippen LogP contribution in [0.15, 0.2) is 0 Å². The van der Waals surface area contributed by atoms with Crippen molar-refractivity contribution < 1.29 is 4.79 Å². The number of carbonyl (C=O) groups excluding carboxylic acids is 1. The van der Waals surface area contributed by atoms with E-state index in [4.69, 9.17) is 0 Å². The van der Waals surface area contributed by atoms with Crippen LogP contribution in [0, 0.1) is 12.8 Å². The molecule has 0 spiro atoms. The number of piperidine rings is 1. The molecule has 5 heteroatoms. The number of nitrogens with zero attached hydrogens (tertiary/aromatic N) is 3. The highest BCUT2D eigenvalue weighted by atomic mass is 16.2. The van der Waals surface area contributed by atoms with Gasteiger partial charge in [0.25, 0.3) is 0 Å². The second kappa shape index (κ2) is 5.20. The first-order chi connectivity index (χ1) is 9.58. The summed E-state index contributed by atoms with van der Waals surface area (Å²) in [5.41, 5.74) is 2.15. The van der Waals surface area contributed by atoms with Crippen LogP contribution >= 0.6 is 0 Å². The molecule has 5 nitrogen and oxygen atoms in total. The van der Waals surface area contributed by atoms with Gasteiger partial charge in [-0.15, -0.1) is 0 Å². The maximum absolute atomic E-state index is 12.3. The van der Waals surface area contributed by atoms with E-state index in [9.17, 15) is 4.79 Å². The van der Waals surface area contributed by atoms with Crippen molar-refractivity contribution >= 4 is 11.7 Å². The number of rotatable bonds is 4. The summed E-state index contributed by atoms with van der Waals surface area (Å²) in [6, 6.07) is 0.643. The molecule has 1 aromatic rings. The van der Waals surface area contributed by atoms with Crippen LogP contribution < -0.4 is 5.32 Å². The molecule has 20 heavy (non-hydrogen) atoms. The number of anilines is 1. The zero-order valence-corrected chi connectivity index (χ0v) is 12.6. The molecule has 1 saturated carbocycles. The zero-order chi connectivity index (χ0) is 14.3. The third-order valence-corrected chi connectivity index (χ3v) is 4.83. The normalized spacial score (nSPS) is 25.4. The molecular weight excluding hydrogens is 252 g/mol. The second-order valence-corrected chi connectivity index (χ2v) is 6.20. The highest BCUT2D eigenvalue weighted by Crippen LogP contribution is 2.37. The second-order valence-electron chi connectivity index (χ2n) is 6.20. The number of hydrogen-bond donors (Lipinski definition) is 1. The molecule has 3 rings (SSSR count). The number of amides is 1. The first-order valence-corrected chi connectivity index (χ1v) is 7.64. The van der Waals surface area contributed by atoms with Gasteiger partial charge in [0, 0.05) is 25.2 Å². The van der Waals surface area contributed by atoms with E-state index in [2.05, 4.69) is 22.2 Å². The van der Waals surface area contributed by atoms with E-state index in [0.29, 0.717) is 12.6 Å². The van der Waals surface area contributed by atoms with Gasteiger partial charge >= 0.3 is 0 Å². The molecular formula is C15H24N4O. The van der Waals surface area contributed by atoms with E-state index >= 15 is 0 Å². The van der Waals surface area contributed by atoms with Crippen molar-refractivity contribution in [2.75, 3.05) is 18.4 Å². The number of aryl methyl sites for hydroxylation is 2. The average Bonchev–Trinajstić information content (AvgIpc) is 3.05. The van der Waals surface area contributed by atoms with Gasteiger partial charge in [-0.3, -0.25) is 14.4 Å². The summed E-state index contributed by atoms with van der Waals surface area (Å²) in [4.78, 5) is 14.6. The lowest BCUT2D eigenvalue weighted by molar-refractivity contribution is -0.117. The lowest BCUT2D eigenvalue weighted by atomic mass is 10.1. The molecule has 1 N–H and O–H groups in total. The van der Waals surface area contributed by atoms with E-state index in [0.717, 1.165) is 36.0 Å². The minimum atomic E-state index is 0.0928. The van der Waals surface area contributed by atoms with Gasteiger partial charge in [0.05, 0.1) is 12.2 Å². The molecule has 1 saturated heterocycles. The largest absolute Gasteiger partial charge is 0.310 e. The molecule has 2 atom stereocenters. The molecule has 2 bridgehead atoms. The molecule has 1 aliphatic carbocycles. The van der Waals surface area contributed by atoms with Gasteiger partial charge in [-0.25, -0.2) is 0 Å². The molecule has 0 aromatic carbocycles. The smallest absolute Gasteiger partial charge is 0.239 e. The Hall–Kier alpha value is -1.36. The number of carbonyl (C=O) groups is 1.